The van der Waals surface area contributed by atoms with Gasteiger partial charge < -0.3 is 21.3 Å². The summed E-state index contributed by atoms with van der Waals surface area (Å²) in [6.07, 6.45) is 1.29. The van der Waals surface area contributed by atoms with Gasteiger partial charge in [-0.25, -0.2) is 4.79 Å². The van der Waals surface area contributed by atoms with Gasteiger partial charge in [0, 0.05) is 35.9 Å². The van der Waals surface area contributed by atoms with Crippen LogP contribution in [0.1, 0.15) is 49.5 Å². The molecule has 0 unspecified atom stereocenters. The summed E-state index contributed by atoms with van der Waals surface area (Å²) in [5.74, 6) is -0.248. The van der Waals surface area contributed by atoms with Crippen LogP contribution in [0.3, 0.4) is 0 Å². The average Bonchev–Trinajstić information content (AvgIpc) is 2.67. The predicted octanol–water partition coefficient (Wildman–Crippen LogP) is 3.89. The van der Waals surface area contributed by atoms with E-state index < -0.39 is 0 Å². The van der Waals surface area contributed by atoms with E-state index in [0.29, 0.717) is 24.2 Å². The number of anilines is 2. The Labute approximate surface area is 171 Å². The van der Waals surface area contributed by atoms with Gasteiger partial charge in [0.2, 0.25) is 5.91 Å². The number of nitrogens with one attached hydrogen (secondary N) is 4. The molecule has 0 atom stereocenters. The molecule has 2 aromatic carbocycles. The monoisotopic (exact) mass is 396 g/mol. The summed E-state index contributed by atoms with van der Waals surface area (Å²) in [6, 6.07) is 13.8. The van der Waals surface area contributed by atoms with Gasteiger partial charge in [-0.1, -0.05) is 25.1 Å². The van der Waals surface area contributed by atoms with Gasteiger partial charge >= 0.3 is 6.03 Å². The highest BCUT2D eigenvalue weighted by atomic mass is 16.2. The first-order valence-electron chi connectivity index (χ1n) is 9.72. The molecular weight excluding hydrogens is 368 g/mol. The van der Waals surface area contributed by atoms with E-state index in [4.69, 9.17) is 0 Å². The summed E-state index contributed by atoms with van der Waals surface area (Å²) >= 11 is 0. The van der Waals surface area contributed by atoms with Gasteiger partial charge in [-0.3, -0.25) is 9.59 Å². The average molecular weight is 396 g/mol. The minimum Gasteiger partial charge on any atom is -0.348 e. The van der Waals surface area contributed by atoms with E-state index >= 15 is 0 Å². The van der Waals surface area contributed by atoms with Gasteiger partial charge in [-0.2, -0.15) is 0 Å². The van der Waals surface area contributed by atoms with Crippen molar-refractivity contribution in [1.29, 1.82) is 0 Å². The highest BCUT2D eigenvalue weighted by molar-refractivity contribution is 5.97. The first-order chi connectivity index (χ1) is 13.9. The molecule has 0 aromatic heterocycles. The minimum absolute atomic E-state index is 0.0101. The zero-order valence-corrected chi connectivity index (χ0v) is 17.0. The summed E-state index contributed by atoms with van der Waals surface area (Å²) < 4.78 is 0. The Kier molecular flexibility index (Phi) is 8.21. The molecule has 0 aliphatic heterocycles. The van der Waals surface area contributed by atoms with Gasteiger partial charge in [0.1, 0.15) is 0 Å². The molecule has 0 aliphatic carbocycles. The van der Waals surface area contributed by atoms with Gasteiger partial charge in [-0.05, 0) is 56.2 Å². The van der Waals surface area contributed by atoms with Crippen molar-refractivity contribution in [1.82, 2.24) is 10.6 Å². The summed E-state index contributed by atoms with van der Waals surface area (Å²) in [7, 11) is 0. The zero-order valence-electron chi connectivity index (χ0n) is 17.0. The number of benzene rings is 2. The summed E-state index contributed by atoms with van der Waals surface area (Å²) in [6.45, 7) is 6.05. The molecule has 0 radical (unpaired) electrons. The Balaban J connectivity index is 1.89. The van der Waals surface area contributed by atoms with E-state index in [2.05, 4.69) is 21.3 Å². The topological polar surface area (TPSA) is 99.3 Å². The molecule has 4 N–H and O–H groups in total. The minimum atomic E-state index is -0.316. The Morgan fingerprint density at radius 3 is 2.31 bits per heavy atom. The molecule has 2 aromatic rings. The molecule has 154 valence electrons. The fraction of sp³-hybridized carbons (Fsp3) is 0.318. The molecule has 0 saturated heterocycles. The van der Waals surface area contributed by atoms with Crippen LogP contribution in [0.25, 0.3) is 0 Å². The normalized spacial score (nSPS) is 10.3. The molecule has 0 fully saturated rings. The number of carbonyl (C=O) groups excluding carboxylic acids is 3. The molecule has 4 amide bonds. The number of rotatable bonds is 8. The van der Waals surface area contributed by atoms with Crippen molar-refractivity contribution in [3.8, 4) is 0 Å². The SMILES string of the molecule is CCCC(=O)Nc1ccc(CNC(=O)c2cccc(NC(=O)NC(C)C)c2)cc1. The van der Waals surface area contributed by atoms with Gasteiger partial charge in [0.25, 0.3) is 5.91 Å². The Morgan fingerprint density at radius 2 is 1.66 bits per heavy atom. The second-order valence-electron chi connectivity index (χ2n) is 7.01. The van der Waals surface area contributed by atoms with Crippen LogP contribution >= 0.6 is 0 Å². The van der Waals surface area contributed by atoms with Crippen LogP contribution in [0.15, 0.2) is 48.5 Å². The lowest BCUT2D eigenvalue weighted by Crippen LogP contribution is -2.34. The first kappa shape index (κ1) is 21.9. The van der Waals surface area contributed by atoms with Crippen molar-refractivity contribution in [3.05, 3.63) is 59.7 Å². The Bertz CT molecular complexity index is 847. The molecule has 0 aliphatic rings. The maximum atomic E-state index is 12.4. The van der Waals surface area contributed by atoms with E-state index in [0.717, 1.165) is 17.7 Å². The van der Waals surface area contributed by atoms with E-state index in [1.165, 1.54) is 0 Å². The van der Waals surface area contributed by atoms with Crippen molar-refractivity contribution in [2.24, 2.45) is 0 Å². The molecule has 0 bridgehead atoms. The molecule has 0 saturated carbocycles. The second kappa shape index (κ2) is 10.8. The summed E-state index contributed by atoms with van der Waals surface area (Å²) in [5, 5.41) is 11.1. The van der Waals surface area contributed by atoms with Gasteiger partial charge in [0.05, 0.1) is 0 Å². The van der Waals surface area contributed by atoms with E-state index in [9.17, 15) is 14.4 Å². The molecule has 29 heavy (non-hydrogen) atoms. The highest BCUT2D eigenvalue weighted by Gasteiger charge is 2.09. The predicted molar refractivity (Wildman–Crippen MR) is 115 cm³/mol. The van der Waals surface area contributed by atoms with Crippen molar-refractivity contribution < 1.29 is 14.4 Å². The van der Waals surface area contributed by atoms with Crippen molar-refractivity contribution in [3.63, 3.8) is 0 Å². The second-order valence-corrected chi connectivity index (χ2v) is 7.01. The first-order valence-corrected chi connectivity index (χ1v) is 9.72. The molecular formula is C22H28N4O3. The number of urea groups is 1. The molecule has 0 spiro atoms. The molecule has 7 nitrogen and oxygen atoms in total. The van der Waals surface area contributed by atoms with Crippen LogP contribution in [-0.2, 0) is 11.3 Å². The van der Waals surface area contributed by atoms with Crippen LogP contribution in [0.5, 0.6) is 0 Å². The van der Waals surface area contributed by atoms with Crippen LogP contribution in [0.2, 0.25) is 0 Å². The number of amides is 4. The molecule has 7 heteroatoms. The molecule has 0 heterocycles. The lowest BCUT2D eigenvalue weighted by atomic mass is 10.1. The number of carbonyl (C=O) groups is 3. The largest absolute Gasteiger partial charge is 0.348 e. The zero-order chi connectivity index (χ0) is 21.2. The lowest BCUT2D eigenvalue weighted by Gasteiger charge is -2.11. The van der Waals surface area contributed by atoms with Crippen LogP contribution < -0.4 is 21.3 Å². The van der Waals surface area contributed by atoms with Crippen LogP contribution in [0, 0.1) is 0 Å². The van der Waals surface area contributed by atoms with Crippen molar-refractivity contribution in [2.45, 2.75) is 46.2 Å². The van der Waals surface area contributed by atoms with Gasteiger partial charge in [0.15, 0.2) is 0 Å². The lowest BCUT2D eigenvalue weighted by molar-refractivity contribution is -0.116. The van der Waals surface area contributed by atoms with Crippen LogP contribution in [-0.4, -0.2) is 23.9 Å². The fourth-order valence-electron chi connectivity index (χ4n) is 2.61. The third-order valence-electron chi connectivity index (χ3n) is 3.97. The van der Waals surface area contributed by atoms with E-state index in [1.807, 2.05) is 45.0 Å². The van der Waals surface area contributed by atoms with Gasteiger partial charge in [-0.15, -0.1) is 0 Å². The maximum absolute atomic E-state index is 12.4. The summed E-state index contributed by atoms with van der Waals surface area (Å²) in [4.78, 5) is 35.8. The Morgan fingerprint density at radius 1 is 0.931 bits per heavy atom. The van der Waals surface area contributed by atoms with E-state index in [-0.39, 0.29) is 23.9 Å². The molecule has 2 rings (SSSR count). The van der Waals surface area contributed by atoms with Crippen LogP contribution in [0.4, 0.5) is 16.2 Å². The quantitative estimate of drug-likeness (QED) is 0.545. The smallest absolute Gasteiger partial charge is 0.319 e. The van der Waals surface area contributed by atoms with Crippen molar-refractivity contribution in [2.75, 3.05) is 10.6 Å². The standard InChI is InChI=1S/C22H28N4O3/c1-4-6-20(27)25-18-11-9-16(10-12-18)14-23-21(28)17-7-5-8-19(13-17)26-22(29)24-15(2)3/h5,7-13,15H,4,6,14H2,1-3H3,(H,23,28)(H,25,27)(H2,24,26,29). The maximum Gasteiger partial charge on any atom is 0.319 e. The third kappa shape index (κ3) is 7.65. The summed E-state index contributed by atoms with van der Waals surface area (Å²) in [5.41, 5.74) is 2.65. The number of hydrogen-bond acceptors (Lipinski definition) is 3. The van der Waals surface area contributed by atoms with E-state index in [1.54, 1.807) is 24.3 Å². The Hall–Kier alpha value is -3.35. The fourth-order valence-corrected chi connectivity index (χ4v) is 2.61. The number of hydrogen-bond donors (Lipinski definition) is 4. The highest BCUT2D eigenvalue weighted by Crippen LogP contribution is 2.12. The van der Waals surface area contributed by atoms with Crippen molar-refractivity contribution >= 4 is 29.2 Å². The third-order valence-corrected chi connectivity index (χ3v) is 3.97.